The Morgan fingerprint density at radius 2 is 1.92 bits per heavy atom. The van der Waals surface area contributed by atoms with Gasteiger partial charge in [0.2, 0.25) is 0 Å². The average molecular weight is 190 g/mol. The second-order valence-corrected chi connectivity index (χ2v) is 2.11. The van der Waals surface area contributed by atoms with E-state index in [0.29, 0.717) is 6.08 Å². The lowest BCUT2D eigenvalue weighted by atomic mass is 10.4. The molecule has 0 aromatic rings. The fourth-order valence-corrected chi connectivity index (χ4v) is 0.452. The topological polar surface area (TPSA) is 104 Å². The van der Waals surface area contributed by atoms with Gasteiger partial charge < -0.3 is 20.1 Å². The van der Waals surface area contributed by atoms with Crippen molar-refractivity contribution in [2.75, 3.05) is 6.61 Å². The molecular formula is C7H10O6. The van der Waals surface area contributed by atoms with Crippen molar-refractivity contribution in [3.8, 4) is 0 Å². The Bertz CT molecular complexity index is 207. The first-order valence-corrected chi connectivity index (χ1v) is 3.46. The van der Waals surface area contributed by atoms with Gasteiger partial charge in [0.05, 0.1) is 6.61 Å². The van der Waals surface area contributed by atoms with Gasteiger partial charge in [0.25, 0.3) is 0 Å². The van der Waals surface area contributed by atoms with Crippen LogP contribution in [-0.4, -0.2) is 40.2 Å². The number of hydrogen-bond donors (Lipinski definition) is 3. The number of ether oxygens (including phenoxy) is 1. The summed E-state index contributed by atoms with van der Waals surface area (Å²) in [6.45, 7) is -0.166. The number of aliphatic hydroxyl groups is 2. The van der Waals surface area contributed by atoms with Gasteiger partial charge in [-0.25, -0.2) is 9.59 Å². The molecule has 6 heteroatoms. The predicted molar refractivity (Wildman–Crippen MR) is 40.6 cm³/mol. The van der Waals surface area contributed by atoms with Gasteiger partial charge in [-0.2, -0.15) is 0 Å². The Balaban J connectivity index is 3.58. The highest BCUT2D eigenvalue weighted by Gasteiger charge is 2.01. The molecule has 13 heavy (non-hydrogen) atoms. The number of carbonyl (C=O) groups excluding carboxylic acids is 1. The van der Waals surface area contributed by atoms with E-state index in [0.717, 1.165) is 6.08 Å². The minimum Gasteiger partial charge on any atom is -0.478 e. The molecule has 0 rings (SSSR count). The van der Waals surface area contributed by atoms with Crippen LogP contribution in [0.1, 0.15) is 6.42 Å². The molecule has 0 aliphatic rings. The SMILES string of the molecule is O=C(O)/C=C/C(=O)OCCC(O)O. The minimum atomic E-state index is -1.53. The van der Waals surface area contributed by atoms with Crippen LogP contribution < -0.4 is 0 Å². The molecule has 6 nitrogen and oxygen atoms in total. The molecule has 0 bridgehead atoms. The second kappa shape index (κ2) is 6.15. The van der Waals surface area contributed by atoms with E-state index in [1.165, 1.54) is 0 Å². The maximum absolute atomic E-state index is 10.6. The van der Waals surface area contributed by atoms with Crippen molar-refractivity contribution in [2.45, 2.75) is 12.7 Å². The van der Waals surface area contributed by atoms with Gasteiger partial charge in [0.1, 0.15) is 0 Å². The van der Waals surface area contributed by atoms with Gasteiger partial charge in [0.15, 0.2) is 6.29 Å². The summed E-state index contributed by atoms with van der Waals surface area (Å²) in [6.07, 6.45) is -0.257. The number of esters is 1. The van der Waals surface area contributed by atoms with Crippen LogP contribution in [0.25, 0.3) is 0 Å². The largest absolute Gasteiger partial charge is 0.478 e. The molecule has 0 aromatic carbocycles. The Morgan fingerprint density at radius 1 is 1.31 bits per heavy atom. The summed E-state index contributed by atoms with van der Waals surface area (Å²) in [5.41, 5.74) is 0. The molecule has 0 aliphatic carbocycles. The lowest BCUT2D eigenvalue weighted by Crippen LogP contribution is -2.11. The van der Waals surface area contributed by atoms with Crippen molar-refractivity contribution in [2.24, 2.45) is 0 Å². The van der Waals surface area contributed by atoms with E-state index in [9.17, 15) is 9.59 Å². The smallest absolute Gasteiger partial charge is 0.331 e. The third-order valence-corrected chi connectivity index (χ3v) is 0.982. The zero-order valence-corrected chi connectivity index (χ0v) is 6.71. The summed E-state index contributed by atoms with van der Waals surface area (Å²) in [6, 6.07) is 0. The summed E-state index contributed by atoms with van der Waals surface area (Å²) in [5.74, 6) is -2.08. The average Bonchev–Trinajstić information content (AvgIpc) is 2.00. The van der Waals surface area contributed by atoms with Crippen LogP contribution in [0.15, 0.2) is 12.2 Å². The Hall–Kier alpha value is -1.40. The van der Waals surface area contributed by atoms with Gasteiger partial charge in [0, 0.05) is 18.6 Å². The molecule has 0 atom stereocenters. The standard InChI is InChI=1S/C7H10O6/c8-5(9)1-2-7(12)13-4-3-6(10)11/h1-2,6,10-11H,3-4H2,(H,8,9)/b2-1+. The van der Waals surface area contributed by atoms with E-state index < -0.39 is 18.2 Å². The summed E-state index contributed by atoms with van der Waals surface area (Å²) in [5, 5.41) is 24.8. The van der Waals surface area contributed by atoms with Crippen LogP contribution in [-0.2, 0) is 14.3 Å². The van der Waals surface area contributed by atoms with Crippen molar-refractivity contribution in [3.05, 3.63) is 12.2 Å². The van der Waals surface area contributed by atoms with Crippen LogP contribution in [0.2, 0.25) is 0 Å². The van der Waals surface area contributed by atoms with Crippen molar-refractivity contribution in [1.82, 2.24) is 0 Å². The minimum absolute atomic E-state index is 0.105. The monoisotopic (exact) mass is 190 g/mol. The fraction of sp³-hybridized carbons (Fsp3) is 0.429. The van der Waals surface area contributed by atoms with Crippen LogP contribution >= 0.6 is 0 Å². The van der Waals surface area contributed by atoms with Crippen molar-refractivity contribution >= 4 is 11.9 Å². The second-order valence-electron chi connectivity index (χ2n) is 2.11. The molecule has 0 saturated carbocycles. The highest BCUT2D eigenvalue weighted by molar-refractivity contribution is 5.90. The van der Waals surface area contributed by atoms with Gasteiger partial charge in [-0.15, -0.1) is 0 Å². The molecule has 0 heterocycles. The zero-order chi connectivity index (χ0) is 10.3. The number of aliphatic carboxylic acids is 1. The highest BCUT2D eigenvalue weighted by Crippen LogP contribution is 1.89. The third kappa shape index (κ3) is 8.51. The maximum Gasteiger partial charge on any atom is 0.331 e. The molecule has 3 N–H and O–H groups in total. The molecule has 0 saturated heterocycles. The summed E-state index contributed by atoms with van der Waals surface area (Å²) in [7, 11) is 0. The number of aliphatic hydroxyl groups excluding tert-OH is 1. The summed E-state index contributed by atoms with van der Waals surface area (Å²) >= 11 is 0. The number of carbonyl (C=O) groups is 2. The number of hydrogen-bond acceptors (Lipinski definition) is 5. The van der Waals surface area contributed by atoms with Crippen LogP contribution in [0.3, 0.4) is 0 Å². The predicted octanol–water partition coefficient (Wildman–Crippen LogP) is -1.13. The molecular weight excluding hydrogens is 180 g/mol. The molecule has 0 aromatic heterocycles. The number of rotatable bonds is 5. The van der Waals surface area contributed by atoms with Crippen LogP contribution in [0.5, 0.6) is 0 Å². The third-order valence-electron chi connectivity index (χ3n) is 0.982. The normalized spacial score (nSPS) is 10.7. The van der Waals surface area contributed by atoms with E-state index in [-0.39, 0.29) is 13.0 Å². The first-order valence-electron chi connectivity index (χ1n) is 3.46. The first-order chi connectivity index (χ1) is 6.02. The van der Waals surface area contributed by atoms with Gasteiger partial charge in [-0.05, 0) is 0 Å². The van der Waals surface area contributed by atoms with E-state index in [1.807, 2.05) is 0 Å². The lowest BCUT2D eigenvalue weighted by molar-refractivity contribution is -0.141. The van der Waals surface area contributed by atoms with E-state index >= 15 is 0 Å². The fourth-order valence-electron chi connectivity index (χ4n) is 0.452. The Kier molecular flexibility index (Phi) is 5.49. The van der Waals surface area contributed by atoms with E-state index in [1.54, 1.807) is 0 Å². The summed E-state index contributed by atoms with van der Waals surface area (Å²) in [4.78, 5) is 20.5. The molecule has 0 amide bonds. The molecule has 0 fully saturated rings. The number of carboxylic acid groups (broad SMARTS) is 1. The summed E-state index contributed by atoms with van der Waals surface area (Å²) < 4.78 is 4.39. The van der Waals surface area contributed by atoms with Crippen molar-refractivity contribution in [3.63, 3.8) is 0 Å². The molecule has 0 spiro atoms. The Morgan fingerprint density at radius 3 is 2.38 bits per heavy atom. The van der Waals surface area contributed by atoms with E-state index in [2.05, 4.69) is 4.74 Å². The van der Waals surface area contributed by atoms with Crippen LogP contribution in [0.4, 0.5) is 0 Å². The zero-order valence-electron chi connectivity index (χ0n) is 6.71. The lowest BCUT2D eigenvalue weighted by Gasteiger charge is -2.02. The van der Waals surface area contributed by atoms with Crippen molar-refractivity contribution < 1.29 is 29.6 Å². The molecule has 0 radical (unpaired) electrons. The number of carboxylic acids is 1. The quantitative estimate of drug-likeness (QED) is 0.288. The maximum atomic E-state index is 10.6. The van der Waals surface area contributed by atoms with Crippen molar-refractivity contribution in [1.29, 1.82) is 0 Å². The van der Waals surface area contributed by atoms with Crippen LogP contribution in [0, 0.1) is 0 Å². The molecule has 0 unspecified atom stereocenters. The molecule has 0 aliphatic heterocycles. The first kappa shape index (κ1) is 11.6. The van der Waals surface area contributed by atoms with E-state index in [4.69, 9.17) is 15.3 Å². The highest BCUT2D eigenvalue weighted by atomic mass is 16.5. The van der Waals surface area contributed by atoms with Gasteiger partial charge in [-0.3, -0.25) is 0 Å². The van der Waals surface area contributed by atoms with Gasteiger partial charge >= 0.3 is 11.9 Å². The van der Waals surface area contributed by atoms with Gasteiger partial charge in [-0.1, -0.05) is 0 Å². The molecule has 74 valence electrons. The Labute approximate surface area is 74.1 Å².